The molecule has 2 rings (SSSR count). The van der Waals surface area contributed by atoms with E-state index in [1.165, 1.54) is 0 Å². The summed E-state index contributed by atoms with van der Waals surface area (Å²) in [5.74, 6) is 1.13. The smallest absolute Gasteiger partial charge is 0.322 e. The molecule has 0 radical (unpaired) electrons. The lowest BCUT2D eigenvalue weighted by atomic mass is 10.3. The molecule has 2 heterocycles. The number of nitrogens with one attached hydrogen (secondary N) is 1. The number of methoxy groups -OCH3 is 2. The Morgan fingerprint density at radius 2 is 2.12 bits per heavy atom. The van der Waals surface area contributed by atoms with Crippen molar-refractivity contribution in [1.82, 2.24) is 15.0 Å². The van der Waals surface area contributed by atoms with Crippen molar-refractivity contribution in [3.63, 3.8) is 0 Å². The van der Waals surface area contributed by atoms with Crippen molar-refractivity contribution >= 4 is 11.9 Å². The molecule has 1 aliphatic heterocycles. The molecule has 1 aromatic heterocycles. The van der Waals surface area contributed by atoms with Gasteiger partial charge in [-0.05, 0) is 6.42 Å². The van der Waals surface area contributed by atoms with Crippen LogP contribution in [0.15, 0.2) is 0 Å². The van der Waals surface area contributed by atoms with Crippen LogP contribution in [0, 0.1) is 0 Å². The normalized spacial score (nSPS) is 19.5. The third kappa shape index (κ3) is 2.55. The Balaban J connectivity index is 2.20. The third-order valence-electron chi connectivity index (χ3n) is 2.77. The first-order valence-electron chi connectivity index (χ1n) is 5.52. The largest absolute Gasteiger partial charge is 0.467 e. The molecule has 1 atom stereocenters. The van der Waals surface area contributed by atoms with Crippen LogP contribution in [0.5, 0.6) is 6.01 Å². The SMILES string of the molecule is CNc1nc(OC)nc(N2CCC(OC)C2)n1. The van der Waals surface area contributed by atoms with Gasteiger partial charge in [-0.2, -0.15) is 15.0 Å². The Hall–Kier alpha value is -1.63. The first-order valence-corrected chi connectivity index (χ1v) is 5.52. The van der Waals surface area contributed by atoms with Crippen LogP contribution in [-0.4, -0.2) is 55.4 Å². The quantitative estimate of drug-likeness (QED) is 0.801. The number of anilines is 2. The van der Waals surface area contributed by atoms with E-state index in [4.69, 9.17) is 9.47 Å². The van der Waals surface area contributed by atoms with Crippen LogP contribution in [0.2, 0.25) is 0 Å². The molecule has 0 saturated carbocycles. The Labute approximate surface area is 100 Å². The summed E-state index contributed by atoms with van der Waals surface area (Å²) in [7, 11) is 5.03. The molecule has 94 valence electrons. The number of ether oxygens (including phenoxy) is 2. The number of rotatable bonds is 4. The fraction of sp³-hybridized carbons (Fsp3) is 0.700. The maximum Gasteiger partial charge on any atom is 0.322 e. The minimum atomic E-state index is 0.246. The maximum absolute atomic E-state index is 5.32. The van der Waals surface area contributed by atoms with Gasteiger partial charge in [0.15, 0.2) is 0 Å². The van der Waals surface area contributed by atoms with Gasteiger partial charge < -0.3 is 19.7 Å². The zero-order chi connectivity index (χ0) is 12.3. The van der Waals surface area contributed by atoms with Crippen molar-refractivity contribution in [3.8, 4) is 6.01 Å². The summed E-state index contributed by atoms with van der Waals surface area (Å²) in [5.41, 5.74) is 0. The molecule has 1 fully saturated rings. The molecule has 0 aromatic carbocycles. The van der Waals surface area contributed by atoms with Crippen LogP contribution in [-0.2, 0) is 4.74 Å². The van der Waals surface area contributed by atoms with Crippen LogP contribution in [0.25, 0.3) is 0 Å². The molecule has 7 heteroatoms. The van der Waals surface area contributed by atoms with E-state index in [0.717, 1.165) is 19.5 Å². The zero-order valence-electron chi connectivity index (χ0n) is 10.3. The molecule has 17 heavy (non-hydrogen) atoms. The number of nitrogens with zero attached hydrogens (tertiary/aromatic N) is 4. The van der Waals surface area contributed by atoms with E-state index in [9.17, 15) is 0 Å². The summed E-state index contributed by atoms with van der Waals surface area (Å²) >= 11 is 0. The van der Waals surface area contributed by atoms with E-state index in [1.807, 2.05) is 0 Å². The summed E-state index contributed by atoms with van der Waals surface area (Å²) < 4.78 is 10.4. The summed E-state index contributed by atoms with van der Waals surface area (Å²) in [6, 6.07) is 0.320. The second-order valence-corrected chi connectivity index (χ2v) is 3.79. The van der Waals surface area contributed by atoms with Crippen molar-refractivity contribution in [1.29, 1.82) is 0 Å². The highest BCUT2D eigenvalue weighted by molar-refractivity contribution is 5.39. The first-order chi connectivity index (χ1) is 8.26. The lowest BCUT2D eigenvalue weighted by molar-refractivity contribution is 0.121. The fourth-order valence-electron chi connectivity index (χ4n) is 1.79. The Bertz CT molecular complexity index is 365. The lowest BCUT2D eigenvalue weighted by Gasteiger charge is -2.16. The molecule has 1 aliphatic rings. The molecule has 0 amide bonds. The van der Waals surface area contributed by atoms with Crippen LogP contribution in [0.4, 0.5) is 11.9 Å². The van der Waals surface area contributed by atoms with E-state index < -0.39 is 0 Å². The van der Waals surface area contributed by atoms with Gasteiger partial charge in [-0.25, -0.2) is 0 Å². The van der Waals surface area contributed by atoms with Crippen molar-refractivity contribution in [2.75, 3.05) is 44.6 Å². The molecule has 0 aliphatic carbocycles. The Morgan fingerprint density at radius 1 is 1.29 bits per heavy atom. The minimum absolute atomic E-state index is 0.246. The molecular weight excluding hydrogens is 222 g/mol. The molecule has 7 nitrogen and oxygen atoms in total. The molecule has 1 saturated heterocycles. The Morgan fingerprint density at radius 3 is 2.71 bits per heavy atom. The van der Waals surface area contributed by atoms with Crippen molar-refractivity contribution in [2.24, 2.45) is 0 Å². The highest BCUT2D eigenvalue weighted by atomic mass is 16.5. The number of hydrogen-bond donors (Lipinski definition) is 1. The van der Waals surface area contributed by atoms with Crippen LogP contribution in [0.1, 0.15) is 6.42 Å². The Kier molecular flexibility index (Phi) is 3.58. The molecule has 1 unspecified atom stereocenters. The van der Waals surface area contributed by atoms with Crippen molar-refractivity contribution < 1.29 is 9.47 Å². The summed E-state index contributed by atoms with van der Waals surface area (Å²) in [6.07, 6.45) is 1.23. The van der Waals surface area contributed by atoms with Gasteiger partial charge >= 0.3 is 6.01 Å². The van der Waals surface area contributed by atoms with E-state index >= 15 is 0 Å². The molecule has 0 spiro atoms. The summed E-state index contributed by atoms with van der Waals surface area (Å²) in [6.45, 7) is 1.68. The highest BCUT2D eigenvalue weighted by Gasteiger charge is 2.25. The minimum Gasteiger partial charge on any atom is -0.467 e. The first kappa shape index (κ1) is 11.8. The van der Waals surface area contributed by atoms with Gasteiger partial charge in [0, 0.05) is 27.2 Å². The zero-order valence-corrected chi connectivity index (χ0v) is 10.3. The van der Waals surface area contributed by atoms with Gasteiger partial charge in [-0.15, -0.1) is 0 Å². The van der Waals surface area contributed by atoms with E-state index in [0.29, 0.717) is 17.9 Å². The van der Waals surface area contributed by atoms with E-state index in [1.54, 1.807) is 21.3 Å². The predicted molar refractivity (Wildman–Crippen MR) is 63.6 cm³/mol. The highest BCUT2D eigenvalue weighted by Crippen LogP contribution is 2.20. The molecule has 1 aromatic rings. The van der Waals surface area contributed by atoms with Gasteiger partial charge in [0.25, 0.3) is 0 Å². The van der Waals surface area contributed by atoms with E-state index in [2.05, 4.69) is 25.2 Å². The monoisotopic (exact) mass is 239 g/mol. The van der Waals surface area contributed by atoms with Gasteiger partial charge in [0.2, 0.25) is 11.9 Å². The number of hydrogen-bond acceptors (Lipinski definition) is 7. The topological polar surface area (TPSA) is 72.4 Å². The predicted octanol–water partition coefficient (Wildman–Crippen LogP) is 0.147. The fourth-order valence-corrected chi connectivity index (χ4v) is 1.79. The van der Waals surface area contributed by atoms with Crippen LogP contribution in [0.3, 0.4) is 0 Å². The van der Waals surface area contributed by atoms with Gasteiger partial charge in [0.1, 0.15) is 0 Å². The van der Waals surface area contributed by atoms with Gasteiger partial charge in [0.05, 0.1) is 13.2 Å². The van der Waals surface area contributed by atoms with Gasteiger partial charge in [-0.3, -0.25) is 0 Å². The van der Waals surface area contributed by atoms with Crippen LogP contribution < -0.4 is 15.0 Å². The van der Waals surface area contributed by atoms with E-state index in [-0.39, 0.29) is 6.10 Å². The lowest BCUT2D eigenvalue weighted by Crippen LogP contribution is -2.24. The molecule has 1 N–H and O–H groups in total. The second kappa shape index (κ2) is 5.13. The van der Waals surface area contributed by atoms with Crippen molar-refractivity contribution in [3.05, 3.63) is 0 Å². The average molecular weight is 239 g/mol. The summed E-state index contributed by atoms with van der Waals surface area (Å²) in [4.78, 5) is 14.7. The maximum atomic E-state index is 5.32. The molecule has 0 bridgehead atoms. The molecular formula is C10H17N5O2. The number of aromatic nitrogens is 3. The summed E-state index contributed by atoms with van der Waals surface area (Å²) in [5, 5.41) is 2.89. The van der Waals surface area contributed by atoms with Crippen molar-refractivity contribution in [2.45, 2.75) is 12.5 Å². The third-order valence-corrected chi connectivity index (χ3v) is 2.77. The average Bonchev–Trinajstić information content (AvgIpc) is 2.86. The van der Waals surface area contributed by atoms with Gasteiger partial charge in [-0.1, -0.05) is 0 Å². The van der Waals surface area contributed by atoms with Crippen LogP contribution >= 0.6 is 0 Å². The standard InChI is InChI=1S/C10H17N5O2/c1-11-8-12-9(14-10(13-8)17-3)15-5-4-7(6-15)16-2/h7H,4-6H2,1-3H3,(H,11,12,13,14). The second-order valence-electron chi connectivity index (χ2n) is 3.79.